The van der Waals surface area contributed by atoms with Crippen LogP contribution >= 0.6 is 23.1 Å². The van der Waals surface area contributed by atoms with E-state index in [1.54, 1.807) is 11.3 Å². The third-order valence-electron chi connectivity index (χ3n) is 9.35. The summed E-state index contributed by atoms with van der Waals surface area (Å²) in [6.45, 7) is 4.56. The van der Waals surface area contributed by atoms with E-state index >= 15 is 0 Å². The number of rotatable bonds is 8. The molecule has 0 saturated heterocycles. The summed E-state index contributed by atoms with van der Waals surface area (Å²) in [4.78, 5) is 21.3. The van der Waals surface area contributed by atoms with Gasteiger partial charge in [0.15, 0.2) is 11.6 Å². The molecule has 4 heterocycles. The van der Waals surface area contributed by atoms with E-state index < -0.39 is 0 Å². The molecule has 4 nitrogen and oxygen atoms in total. The Morgan fingerprint density at radius 3 is 1.96 bits per heavy atom. The molecule has 8 rings (SSSR count). The van der Waals surface area contributed by atoms with Crippen molar-refractivity contribution in [3.05, 3.63) is 161 Å². The number of thiophene rings is 1. The summed E-state index contributed by atoms with van der Waals surface area (Å²) >= 11 is 3.53. The smallest absolute Gasteiger partial charge is 0.160 e. The Bertz CT molecular complexity index is 2170. The Balaban J connectivity index is 1.08. The maximum atomic E-state index is 5.08. The van der Waals surface area contributed by atoms with Crippen molar-refractivity contribution in [2.45, 2.75) is 43.8 Å². The van der Waals surface area contributed by atoms with Gasteiger partial charge < -0.3 is 0 Å². The SMILES string of the molecule is CC(C)(c1ccc(-c2nc(-c3ccccc3)cc(-c3cccs3)n2)cc1)c1ccc(-c2nc(C3=CCCC=C3)cc(C3CC=CS3)n2)cc1. The van der Waals surface area contributed by atoms with Crippen LogP contribution in [0.3, 0.4) is 0 Å². The number of nitrogens with zero attached hydrogens (tertiary/aromatic N) is 4. The van der Waals surface area contributed by atoms with Gasteiger partial charge in [-0.3, -0.25) is 0 Å². The lowest BCUT2D eigenvalue weighted by molar-refractivity contribution is 0.641. The molecule has 1 atom stereocenters. The molecule has 1 unspecified atom stereocenters. The van der Waals surface area contributed by atoms with Crippen LogP contribution < -0.4 is 0 Å². The third kappa shape index (κ3) is 6.59. The molecular weight excluding hydrogens is 637 g/mol. The first-order valence-electron chi connectivity index (χ1n) is 16.8. The molecule has 1 aliphatic carbocycles. The van der Waals surface area contributed by atoms with Crippen LogP contribution in [-0.2, 0) is 5.41 Å². The van der Waals surface area contributed by atoms with Gasteiger partial charge in [0.2, 0.25) is 0 Å². The first kappa shape index (κ1) is 31.4. The summed E-state index contributed by atoms with van der Waals surface area (Å²) in [6.07, 6.45) is 12.1. The van der Waals surface area contributed by atoms with E-state index in [1.165, 1.54) is 16.7 Å². The van der Waals surface area contributed by atoms with Crippen LogP contribution in [0.1, 0.15) is 60.9 Å². The van der Waals surface area contributed by atoms with E-state index in [9.17, 15) is 0 Å². The zero-order valence-corrected chi connectivity index (χ0v) is 29.2. The van der Waals surface area contributed by atoms with Crippen molar-refractivity contribution < 1.29 is 0 Å². The van der Waals surface area contributed by atoms with Crippen molar-refractivity contribution in [1.82, 2.24) is 19.9 Å². The fraction of sp³-hybridized carbons (Fsp3) is 0.163. The van der Waals surface area contributed by atoms with E-state index in [-0.39, 0.29) is 5.41 Å². The van der Waals surface area contributed by atoms with Gasteiger partial charge in [-0.2, -0.15) is 0 Å². The van der Waals surface area contributed by atoms with Gasteiger partial charge in [0, 0.05) is 22.1 Å². The van der Waals surface area contributed by atoms with Gasteiger partial charge in [-0.25, -0.2) is 19.9 Å². The first-order chi connectivity index (χ1) is 24.0. The molecule has 3 aromatic carbocycles. The third-order valence-corrected chi connectivity index (χ3v) is 11.4. The highest BCUT2D eigenvalue weighted by Gasteiger charge is 2.24. The second-order valence-electron chi connectivity index (χ2n) is 13.0. The zero-order chi connectivity index (χ0) is 33.2. The molecular formula is C43H36N4S2. The van der Waals surface area contributed by atoms with Crippen molar-refractivity contribution in [2.24, 2.45) is 0 Å². The van der Waals surface area contributed by atoms with Crippen LogP contribution in [0, 0.1) is 0 Å². The van der Waals surface area contributed by atoms with Crippen LogP contribution in [0.25, 0.3) is 50.2 Å². The first-order valence-corrected chi connectivity index (χ1v) is 18.6. The molecule has 0 saturated carbocycles. The highest BCUT2D eigenvalue weighted by molar-refractivity contribution is 8.02. The monoisotopic (exact) mass is 672 g/mol. The van der Waals surface area contributed by atoms with E-state index in [4.69, 9.17) is 19.9 Å². The second kappa shape index (κ2) is 13.5. The fourth-order valence-electron chi connectivity index (χ4n) is 6.41. The molecule has 2 aliphatic rings. The molecule has 6 heteroatoms. The van der Waals surface area contributed by atoms with Gasteiger partial charge in [0.25, 0.3) is 0 Å². The van der Waals surface area contributed by atoms with Crippen LogP contribution in [-0.4, -0.2) is 19.9 Å². The quantitative estimate of drug-likeness (QED) is 0.161. The predicted molar refractivity (Wildman–Crippen MR) is 206 cm³/mol. The number of thioether (sulfide) groups is 1. The van der Waals surface area contributed by atoms with E-state index in [1.807, 2.05) is 30.0 Å². The maximum absolute atomic E-state index is 5.08. The van der Waals surface area contributed by atoms with Crippen molar-refractivity contribution in [3.8, 4) is 44.6 Å². The van der Waals surface area contributed by atoms with Crippen molar-refractivity contribution in [3.63, 3.8) is 0 Å². The minimum atomic E-state index is -0.219. The standard InChI is InChI=1S/C43H36N4S2/c1-43(2,33-21-17-31(18-22-33)41-44-35(29-11-5-3-6-12-29)27-37(46-41)39-15-9-25-48-39)34-23-19-32(20-24-34)42-45-36(30-13-7-4-8-14-30)28-38(47-42)40-16-10-26-49-40/h3,5-7,9-15,17-28,40H,4,8,16H2,1-2H3. The van der Waals surface area contributed by atoms with Crippen LogP contribution in [0.2, 0.25) is 0 Å². The summed E-state index contributed by atoms with van der Waals surface area (Å²) in [7, 11) is 0. The lowest BCUT2D eigenvalue weighted by atomic mass is 9.77. The Hall–Kier alpha value is -4.91. The topological polar surface area (TPSA) is 51.6 Å². The average molecular weight is 673 g/mol. The van der Waals surface area contributed by atoms with Crippen LogP contribution in [0.4, 0.5) is 0 Å². The highest BCUT2D eigenvalue weighted by Crippen LogP contribution is 2.40. The molecule has 240 valence electrons. The Kier molecular flexibility index (Phi) is 8.67. The van der Waals surface area contributed by atoms with Gasteiger partial charge in [0.1, 0.15) is 0 Å². The van der Waals surface area contributed by atoms with E-state index in [0.717, 1.165) is 75.3 Å². The number of hydrogen-bond donors (Lipinski definition) is 0. The van der Waals surface area contributed by atoms with Gasteiger partial charge in [0.05, 0.1) is 32.9 Å². The fourth-order valence-corrected chi connectivity index (χ4v) is 7.99. The highest BCUT2D eigenvalue weighted by atomic mass is 32.2. The lowest BCUT2D eigenvalue weighted by Gasteiger charge is -2.26. The van der Waals surface area contributed by atoms with Gasteiger partial charge >= 0.3 is 0 Å². The largest absolute Gasteiger partial charge is 0.232 e. The summed E-state index contributed by atoms with van der Waals surface area (Å²) in [6, 6.07) is 36.3. The number of hydrogen-bond acceptors (Lipinski definition) is 6. The minimum absolute atomic E-state index is 0.219. The molecule has 0 radical (unpaired) electrons. The number of allylic oxidation sites excluding steroid dienone is 5. The predicted octanol–water partition coefficient (Wildman–Crippen LogP) is 11.7. The van der Waals surface area contributed by atoms with Gasteiger partial charge in [-0.05, 0) is 64.9 Å². The number of benzene rings is 3. The molecule has 0 N–H and O–H groups in total. The van der Waals surface area contributed by atoms with Crippen molar-refractivity contribution in [1.29, 1.82) is 0 Å². The summed E-state index contributed by atoms with van der Waals surface area (Å²) in [5.74, 6) is 1.51. The Morgan fingerprint density at radius 2 is 1.33 bits per heavy atom. The molecule has 6 aromatic rings. The van der Waals surface area contributed by atoms with Crippen molar-refractivity contribution >= 4 is 28.7 Å². The van der Waals surface area contributed by atoms with Gasteiger partial charge in [-0.1, -0.05) is 123 Å². The molecule has 49 heavy (non-hydrogen) atoms. The molecule has 0 bridgehead atoms. The molecule has 0 spiro atoms. The molecule has 0 amide bonds. The van der Waals surface area contributed by atoms with Crippen LogP contribution in [0.5, 0.6) is 0 Å². The van der Waals surface area contributed by atoms with E-state index in [2.05, 4.69) is 134 Å². The molecule has 3 aromatic heterocycles. The van der Waals surface area contributed by atoms with Crippen molar-refractivity contribution in [2.75, 3.05) is 0 Å². The lowest BCUT2D eigenvalue weighted by Crippen LogP contribution is -2.18. The maximum Gasteiger partial charge on any atom is 0.160 e. The number of aromatic nitrogens is 4. The normalized spacial score (nSPS) is 15.8. The average Bonchev–Trinajstić information content (AvgIpc) is 3.92. The van der Waals surface area contributed by atoms with Gasteiger partial charge in [-0.15, -0.1) is 23.1 Å². The summed E-state index contributed by atoms with van der Waals surface area (Å²) < 4.78 is 0. The summed E-state index contributed by atoms with van der Waals surface area (Å²) in [5, 5.41) is 4.61. The minimum Gasteiger partial charge on any atom is -0.232 e. The Morgan fingerprint density at radius 1 is 0.633 bits per heavy atom. The Labute approximate surface area is 296 Å². The van der Waals surface area contributed by atoms with Crippen LogP contribution in [0.15, 0.2) is 138 Å². The second-order valence-corrected chi connectivity index (χ2v) is 15.0. The summed E-state index contributed by atoms with van der Waals surface area (Å²) in [5.41, 5.74) is 10.5. The zero-order valence-electron chi connectivity index (χ0n) is 27.6. The molecule has 1 aliphatic heterocycles. The molecule has 0 fully saturated rings. The van der Waals surface area contributed by atoms with E-state index in [0.29, 0.717) is 5.25 Å².